The molecule has 0 saturated carbocycles. The van der Waals surface area contributed by atoms with E-state index in [0.717, 1.165) is 17.7 Å². The van der Waals surface area contributed by atoms with E-state index in [4.69, 9.17) is 4.42 Å². The molecule has 0 unspecified atom stereocenters. The highest BCUT2D eigenvalue weighted by molar-refractivity contribution is 6.07. The Kier molecular flexibility index (Phi) is 4.38. The number of nitrogens with zero attached hydrogens (tertiary/aromatic N) is 1. The van der Waals surface area contributed by atoms with Gasteiger partial charge in [0.15, 0.2) is 5.78 Å². The summed E-state index contributed by atoms with van der Waals surface area (Å²) in [5.74, 6) is -0.948. The summed E-state index contributed by atoms with van der Waals surface area (Å²) in [7, 11) is 3.23. The summed E-state index contributed by atoms with van der Waals surface area (Å²) >= 11 is 0. The fraction of sp³-hybridized carbons (Fsp3) is 0.450. The van der Waals surface area contributed by atoms with E-state index in [1.165, 1.54) is 13.2 Å². The highest BCUT2D eigenvalue weighted by atomic mass is 16.5. The number of ketones is 1. The lowest BCUT2D eigenvalue weighted by molar-refractivity contribution is -0.139. The zero-order valence-corrected chi connectivity index (χ0v) is 15.7. The standard InChI is InChI=1S/C20H23NO5/c1-11-10-20(2,3)21(4)15-8-17-12(6-13(11)15)7-14(19(24)26-17)16(22)9-18(23)25-5/h6-8,11H,9-10H2,1-5H3/t11-/m1/s1. The van der Waals surface area contributed by atoms with E-state index in [0.29, 0.717) is 16.9 Å². The van der Waals surface area contributed by atoms with Gasteiger partial charge in [0.1, 0.15) is 17.6 Å². The molecule has 0 fully saturated rings. The van der Waals surface area contributed by atoms with E-state index in [1.807, 2.05) is 19.2 Å². The number of carbonyl (C=O) groups is 2. The summed E-state index contributed by atoms with van der Waals surface area (Å²) in [4.78, 5) is 37.9. The number of carbonyl (C=O) groups excluding carboxylic acids is 2. The van der Waals surface area contributed by atoms with Gasteiger partial charge in [0.05, 0.1) is 7.11 Å². The molecule has 0 radical (unpaired) electrons. The van der Waals surface area contributed by atoms with Crippen LogP contribution in [0.2, 0.25) is 0 Å². The summed E-state index contributed by atoms with van der Waals surface area (Å²) in [5, 5.41) is 0.677. The molecule has 1 aromatic heterocycles. The fourth-order valence-corrected chi connectivity index (χ4v) is 3.67. The minimum Gasteiger partial charge on any atom is -0.469 e. The molecule has 1 aliphatic rings. The van der Waals surface area contributed by atoms with E-state index in [2.05, 4.69) is 30.4 Å². The van der Waals surface area contributed by atoms with E-state index in [-0.39, 0.29) is 11.1 Å². The first kappa shape index (κ1) is 18.2. The molecule has 1 aromatic carbocycles. The highest BCUT2D eigenvalue weighted by Crippen LogP contribution is 2.43. The SMILES string of the molecule is COC(=O)CC(=O)c1cc2cc3c(cc2oc1=O)N(C)C(C)(C)C[C@H]3C. The van der Waals surface area contributed by atoms with Crippen molar-refractivity contribution in [1.82, 2.24) is 0 Å². The number of esters is 1. The number of hydrogen-bond donors (Lipinski definition) is 0. The van der Waals surface area contributed by atoms with Crippen LogP contribution >= 0.6 is 0 Å². The van der Waals surface area contributed by atoms with Crippen LogP contribution in [0.15, 0.2) is 27.4 Å². The van der Waals surface area contributed by atoms with Crippen molar-refractivity contribution in [3.8, 4) is 0 Å². The molecule has 0 bridgehead atoms. The molecule has 0 saturated heterocycles. The van der Waals surface area contributed by atoms with Gasteiger partial charge < -0.3 is 14.1 Å². The molecule has 0 spiro atoms. The molecule has 0 amide bonds. The summed E-state index contributed by atoms with van der Waals surface area (Å²) in [6.45, 7) is 6.53. The lowest BCUT2D eigenvalue weighted by Crippen LogP contribution is -2.45. The fourth-order valence-electron chi connectivity index (χ4n) is 3.67. The first-order valence-electron chi connectivity index (χ1n) is 8.59. The van der Waals surface area contributed by atoms with Crippen LogP contribution in [-0.2, 0) is 9.53 Å². The molecule has 26 heavy (non-hydrogen) atoms. The number of anilines is 1. The minimum absolute atomic E-state index is 0.00317. The summed E-state index contributed by atoms with van der Waals surface area (Å²) < 4.78 is 9.88. The quantitative estimate of drug-likeness (QED) is 0.363. The Hall–Kier alpha value is -2.63. The van der Waals surface area contributed by atoms with Crippen LogP contribution in [0.5, 0.6) is 0 Å². The second-order valence-corrected chi connectivity index (χ2v) is 7.55. The third kappa shape index (κ3) is 3.00. The predicted molar refractivity (Wildman–Crippen MR) is 99.0 cm³/mol. The van der Waals surface area contributed by atoms with Crippen LogP contribution in [-0.4, -0.2) is 31.4 Å². The van der Waals surface area contributed by atoms with E-state index in [9.17, 15) is 14.4 Å². The summed E-state index contributed by atoms with van der Waals surface area (Å²) in [6.07, 6.45) is 0.512. The minimum atomic E-state index is -0.739. The molecule has 6 nitrogen and oxygen atoms in total. The van der Waals surface area contributed by atoms with Crippen molar-refractivity contribution < 1.29 is 18.7 Å². The lowest BCUT2D eigenvalue weighted by Gasteiger charge is -2.45. The summed E-state index contributed by atoms with van der Waals surface area (Å²) in [6, 6.07) is 5.34. The zero-order chi connectivity index (χ0) is 19.2. The molecule has 2 heterocycles. The van der Waals surface area contributed by atoms with Crippen molar-refractivity contribution in [2.75, 3.05) is 19.1 Å². The van der Waals surface area contributed by atoms with Crippen molar-refractivity contribution in [1.29, 1.82) is 0 Å². The first-order valence-corrected chi connectivity index (χ1v) is 8.59. The number of benzene rings is 1. The molecular weight excluding hydrogens is 334 g/mol. The Bertz CT molecular complexity index is 957. The third-order valence-corrected chi connectivity index (χ3v) is 5.32. The van der Waals surface area contributed by atoms with Crippen molar-refractivity contribution >= 4 is 28.4 Å². The van der Waals surface area contributed by atoms with Crippen LogP contribution in [0.1, 0.15) is 55.5 Å². The molecule has 138 valence electrons. The van der Waals surface area contributed by atoms with Crippen molar-refractivity contribution in [3.05, 3.63) is 39.7 Å². The van der Waals surface area contributed by atoms with Crippen LogP contribution in [0.3, 0.4) is 0 Å². The molecule has 3 rings (SSSR count). The highest BCUT2D eigenvalue weighted by Gasteiger charge is 2.34. The van der Waals surface area contributed by atoms with Crippen molar-refractivity contribution in [2.45, 2.75) is 45.1 Å². The average Bonchev–Trinajstić information content (AvgIpc) is 2.57. The molecule has 1 aliphatic heterocycles. The molecule has 0 N–H and O–H groups in total. The van der Waals surface area contributed by atoms with Gasteiger partial charge in [-0.1, -0.05) is 6.92 Å². The zero-order valence-electron chi connectivity index (χ0n) is 15.7. The largest absolute Gasteiger partial charge is 0.469 e. The third-order valence-electron chi connectivity index (χ3n) is 5.32. The Morgan fingerprint density at radius 3 is 2.65 bits per heavy atom. The van der Waals surface area contributed by atoms with Crippen LogP contribution in [0.25, 0.3) is 11.0 Å². The maximum Gasteiger partial charge on any atom is 0.347 e. The molecule has 2 aromatic rings. The number of rotatable bonds is 3. The van der Waals surface area contributed by atoms with E-state index in [1.54, 1.807) is 0 Å². The Morgan fingerprint density at radius 2 is 2.00 bits per heavy atom. The van der Waals surface area contributed by atoms with Crippen LogP contribution < -0.4 is 10.5 Å². The average molecular weight is 357 g/mol. The van der Waals surface area contributed by atoms with Gasteiger partial charge in [-0.05, 0) is 43.9 Å². The molecule has 6 heteroatoms. The predicted octanol–water partition coefficient (Wildman–Crippen LogP) is 3.26. The van der Waals surface area contributed by atoms with Gasteiger partial charge in [-0.2, -0.15) is 0 Å². The van der Waals surface area contributed by atoms with Crippen molar-refractivity contribution in [2.24, 2.45) is 0 Å². The molecule has 0 aliphatic carbocycles. The number of ether oxygens (including phenoxy) is 1. The van der Waals surface area contributed by atoms with Gasteiger partial charge in [-0.25, -0.2) is 4.79 Å². The normalized spacial score (nSPS) is 18.5. The summed E-state index contributed by atoms with van der Waals surface area (Å²) in [5.41, 5.74) is 1.74. The molecular formula is C20H23NO5. The van der Waals surface area contributed by atoms with Crippen molar-refractivity contribution in [3.63, 3.8) is 0 Å². The lowest BCUT2D eigenvalue weighted by atomic mass is 9.80. The van der Waals surface area contributed by atoms with Gasteiger partial charge in [-0.3, -0.25) is 9.59 Å². The number of Topliss-reactive ketones (excluding diaryl/α,β-unsaturated/α-hetero) is 1. The number of fused-ring (bicyclic) bond motifs is 2. The van der Waals surface area contributed by atoms with Gasteiger partial charge >= 0.3 is 11.6 Å². The smallest absolute Gasteiger partial charge is 0.347 e. The Balaban J connectivity index is 2.12. The number of hydrogen-bond acceptors (Lipinski definition) is 6. The molecule has 1 atom stereocenters. The Labute approximate surface area is 151 Å². The Morgan fingerprint density at radius 1 is 1.31 bits per heavy atom. The van der Waals surface area contributed by atoms with Gasteiger partial charge in [0.2, 0.25) is 0 Å². The number of methoxy groups -OCH3 is 1. The topological polar surface area (TPSA) is 76.8 Å². The van der Waals surface area contributed by atoms with E-state index >= 15 is 0 Å². The van der Waals surface area contributed by atoms with Gasteiger partial charge in [-0.15, -0.1) is 0 Å². The maximum absolute atomic E-state index is 12.2. The first-order chi connectivity index (χ1) is 12.1. The van der Waals surface area contributed by atoms with Crippen LogP contribution in [0, 0.1) is 0 Å². The second kappa shape index (κ2) is 6.27. The van der Waals surface area contributed by atoms with Crippen LogP contribution in [0.4, 0.5) is 5.69 Å². The van der Waals surface area contributed by atoms with Gasteiger partial charge in [0, 0.05) is 29.7 Å². The monoisotopic (exact) mass is 357 g/mol. The van der Waals surface area contributed by atoms with E-state index < -0.39 is 23.8 Å². The second-order valence-electron chi connectivity index (χ2n) is 7.55. The van der Waals surface area contributed by atoms with Gasteiger partial charge in [0.25, 0.3) is 0 Å². The maximum atomic E-state index is 12.2.